The van der Waals surface area contributed by atoms with E-state index >= 15 is 0 Å². The van der Waals surface area contributed by atoms with Crippen LogP contribution in [0.4, 0.5) is 5.69 Å². The Morgan fingerprint density at radius 3 is 2.52 bits per heavy atom. The van der Waals surface area contributed by atoms with Gasteiger partial charge in [-0.1, -0.05) is 18.2 Å². The highest BCUT2D eigenvalue weighted by molar-refractivity contribution is 6.02. The molecule has 4 aromatic rings. The zero-order chi connectivity index (χ0) is 18.6. The predicted octanol–water partition coefficient (Wildman–Crippen LogP) is 3.63. The minimum Gasteiger partial charge on any atom is -0.437 e. The van der Waals surface area contributed by atoms with Gasteiger partial charge in [0.25, 0.3) is 5.91 Å². The summed E-state index contributed by atoms with van der Waals surface area (Å²) in [6.07, 6.45) is 0. The van der Waals surface area contributed by atoms with Crippen molar-refractivity contribution in [3.63, 3.8) is 0 Å². The van der Waals surface area contributed by atoms with Gasteiger partial charge in [-0.25, -0.2) is 4.79 Å². The molecule has 7 heteroatoms. The van der Waals surface area contributed by atoms with Crippen LogP contribution in [0.25, 0.3) is 11.0 Å². The summed E-state index contributed by atoms with van der Waals surface area (Å²) in [4.78, 5) is 23.5. The van der Waals surface area contributed by atoms with Crippen LogP contribution in [0.1, 0.15) is 10.5 Å². The number of carbonyl (C=O) groups is 1. The number of aromatic nitrogens is 2. The highest BCUT2D eigenvalue weighted by Gasteiger charge is 2.10. The topological polar surface area (TPSA) is 94.3 Å². The molecule has 0 bridgehead atoms. The van der Waals surface area contributed by atoms with E-state index < -0.39 is 5.63 Å². The number of fused-ring (bicyclic) bond motifs is 1. The molecule has 0 aliphatic heterocycles. The summed E-state index contributed by atoms with van der Waals surface area (Å²) < 4.78 is 10.7. The number of nitrogens with one attached hydrogen (secondary N) is 1. The van der Waals surface area contributed by atoms with Gasteiger partial charge in [0.1, 0.15) is 11.3 Å². The molecule has 2 heterocycles. The van der Waals surface area contributed by atoms with Crippen LogP contribution in [0.3, 0.4) is 0 Å². The van der Waals surface area contributed by atoms with E-state index in [1.807, 2.05) is 18.2 Å². The Hall–Kier alpha value is -4.00. The second-order valence-corrected chi connectivity index (χ2v) is 5.63. The van der Waals surface area contributed by atoms with Gasteiger partial charge in [0.05, 0.1) is 0 Å². The number of rotatable bonds is 4. The second-order valence-electron chi connectivity index (χ2n) is 5.63. The Balaban J connectivity index is 1.49. The van der Waals surface area contributed by atoms with Crippen LogP contribution in [0.15, 0.2) is 82.0 Å². The lowest BCUT2D eigenvalue weighted by Crippen LogP contribution is -2.14. The number of anilines is 1. The van der Waals surface area contributed by atoms with Crippen molar-refractivity contribution >= 4 is 22.6 Å². The minimum atomic E-state index is -0.437. The standard InChI is InChI=1S/C20H13N3O4/c24-19-11-7-13-6-8-15(12-17(13)27-19)26-18-10-9-16(22-23-18)20(25)21-14-4-2-1-3-5-14/h1-12H,(H,21,25). The minimum absolute atomic E-state index is 0.163. The van der Waals surface area contributed by atoms with Crippen molar-refractivity contribution in [2.45, 2.75) is 0 Å². The molecular weight excluding hydrogens is 346 g/mol. The Bertz CT molecular complexity index is 1160. The van der Waals surface area contributed by atoms with Gasteiger partial charge in [-0.2, -0.15) is 0 Å². The van der Waals surface area contributed by atoms with Crippen molar-refractivity contribution in [3.05, 3.63) is 88.9 Å². The van der Waals surface area contributed by atoms with E-state index in [1.54, 1.807) is 36.4 Å². The monoisotopic (exact) mass is 359 g/mol. The van der Waals surface area contributed by atoms with E-state index in [4.69, 9.17) is 9.15 Å². The molecular formula is C20H13N3O4. The van der Waals surface area contributed by atoms with Crippen LogP contribution in [0.5, 0.6) is 11.6 Å². The van der Waals surface area contributed by atoms with Crippen molar-refractivity contribution < 1.29 is 13.9 Å². The average molecular weight is 359 g/mol. The maximum absolute atomic E-state index is 12.2. The summed E-state index contributed by atoms with van der Waals surface area (Å²) >= 11 is 0. The van der Waals surface area contributed by atoms with E-state index in [1.165, 1.54) is 18.2 Å². The number of hydrogen-bond acceptors (Lipinski definition) is 6. The molecule has 2 aromatic carbocycles. The van der Waals surface area contributed by atoms with E-state index in [0.29, 0.717) is 17.0 Å². The lowest BCUT2D eigenvalue weighted by atomic mass is 10.2. The summed E-state index contributed by atoms with van der Waals surface area (Å²) in [6.45, 7) is 0. The van der Waals surface area contributed by atoms with Gasteiger partial charge in [-0.15, -0.1) is 10.2 Å². The molecule has 0 saturated carbocycles. The molecule has 2 aromatic heterocycles. The lowest BCUT2D eigenvalue weighted by molar-refractivity contribution is 0.102. The van der Waals surface area contributed by atoms with Crippen molar-refractivity contribution in [1.29, 1.82) is 0 Å². The summed E-state index contributed by atoms with van der Waals surface area (Å²) in [6, 6.07) is 20.2. The molecule has 0 fully saturated rings. The van der Waals surface area contributed by atoms with Gasteiger partial charge in [0.15, 0.2) is 5.69 Å². The fraction of sp³-hybridized carbons (Fsp3) is 0. The van der Waals surface area contributed by atoms with Crippen molar-refractivity contribution in [2.75, 3.05) is 5.32 Å². The molecule has 132 valence electrons. The fourth-order valence-electron chi connectivity index (χ4n) is 2.44. The zero-order valence-electron chi connectivity index (χ0n) is 14.0. The van der Waals surface area contributed by atoms with Crippen LogP contribution >= 0.6 is 0 Å². The molecule has 1 N–H and O–H groups in total. The van der Waals surface area contributed by atoms with E-state index in [9.17, 15) is 9.59 Å². The molecule has 0 aliphatic carbocycles. The van der Waals surface area contributed by atoms with Crippen LogP contribution in [0.2, 0.25) is 0 Å². The van der Waals surface area contributed by atoms with E-state index in [0.717, 1.165) is 5.39 Å². The number of para-hydroxylation sites is 1. The SMILES string of the molecule is O=C(Nc1ccccc1)c1ccc(Oc2ccc3ccc(=O)oc3c2)nn1. The molecule has 27 heavy (non-hydrogen) atoms. The summed E-state index contributed by atoms with van der Waals surface area (Å²) in [5.74, 6) is 0.282. The molecule has 0 radical (unpaired) electrons. The fourth-order valence-corrected chi connectivity index (χ4v) is 2.44. The molecule has 0 unspecified atom stereocenters. The second kappa shape index (κ2) is 7.09. The number of carbonyl (C=O) groups excluding carboxylic acids is 1. The number of hydrogen-bond donors (Lipinski definition) is 1. The third-order valence-electron chi connectivity index (χ3n) is 3.72. The van der Waals surface area contributed by atoms with Crippen molar-refractivity contribution in [2.24, 2.45) is 0 Å². The average Bonchev–Trinajstić information content (AvgIpc) is 2.69. The Morgan fingerprint density at radius 2 is 1.74 bits per heavy atom. The van der Waals surface area contributed by atoms with Gasteiger partial charge >= 0.3 is 5.63 Å². The Labute approximate surface area is 153 Å². The first-order valence-corrected chi connectivity index (χ1v) is 8.09. The van der Waals surface area contributed by atoms with Crippen molar-refractivity contribution in [3.8, 4) is 11.6 Å². The van der Waals surface area contributed by atoms with Gasteiger partial charge in [-0.05, 0) is 36.4 Å². The first-order chi connectivity index (χ1) is 13.2. The third kappa shape index (κ3) is 3.82. The number of nitrogens with zero attached hydrogens (tertiary/aromatic N) is 2. The van der Waals surface area contributed by atoms with Crippen LogP contribution in [-0.4, -0.2) is 16.1 Å². The molecule has 0 saturated heterocycles. The van der Waals surface area contributed by atoms with Gasteiger partial charge in [0.2, 0.25) is 5.88 Å². The summed E-state index contributed by atoms with van der Waals surface area (Å²) in [5, 5.41) is 11.3. The van der Waals surface area contributed by atoms with Gasteiger partial charge < -0.3 is 14.5 Å². The summed E-state index contributed by atoms with van der Waals surface area (Å²) in [7, 11) is 0. The van der Waals surface area contributed by atoms with E-state index in [2.05, 4.69) is 15.5 Å². The normalized spacial score (nSPS) is 10.5. The van der Waals surface area contributed by atoms with E-state index in [-0.39, 0.29) is 17.5 Å². The highest BCUT2D eigenvalue weighted by atomic mass is 16.5. The Morgan fingerprint density at radius 1 is 0.926 bits per heavy atom. The molecule has 0 spiro atoms. The Kier molecular flexibility index (Phi) is 4.32. The molecule has 4 rings (SSSR count). The largest absolute Gasteiger partial charge is 0.437 e. The van der Waals surface area contributed by atoms with Crippen LogP contribution in [0, 0.1) is 0 Å². The van der Waals surface area contributed by atoms with Crippen LogP contribution < -0.4 is 15.7 Å². The molecule has 7 nitrogen and oxygen atoms in total. The molecule has 0 aliphatic rings. The maximum Gasteiger partial charge on any atom is 0.336 e. The number of ether oxygens (including phenoxy) is 1. The van der Waals surface area contributed by atoms with Crippen LogP contribution in [-0.2, 0) is 0 Å². The number of amides is 1. The third-order valence-corrected chi connectivity index (χ3v) is 3.72. The first-order valence-electron chi connectivity index (χ1n) is 8.09. The van der Waals surface area contributed by atoms with Gasteiger partial charge in [-0.3, -0.25) is 4.79 Å². The highest BCUT2D eigenvalue weighted by Crippen LogP contribution is 2.23. The molecule has 1 amide bonds. The first kappa shape index (κ1) is 16.5. The number of benzene rings is 2. The lowest BCUT2D eigenvalue weighted by Gasteiger charge is -2.06. The van der Waals surface area contributed by atoms with Gasteiger partial charge in [0, 0.05) is 29.3 Å². The smallest absolute Gasteiger partial charge is 0.336 e. The zero-order valence-corrected chi connectivity index (χ0v) is 14.0. The quantitative estimate of drug-likeness (QED) is 0.559. The predicted molar refractivity (Wildman–Crippen MR) is 99.0 cm³/mol. The summed E-state index contributed by atoms with van der Waals surface area (Å²) in [5.41, 5.74) is 0.804. The van der Waals surface area contributed by atoms with Crippen molar-refractivity contribution in [1.82, 2.24) is 10.2 Å². The molecule has 0 atom stereocenters. The maximum atomic E-state index is 12.2.